The Morgan fingerprint density at radius 3 is 2.19 bits per heavy atom. The molecular weight excluding hydrogens is 386 g/mol. The standard InChI is InChI=1S/C26H23N3O2/c30-25-23-18-10-11-19(13-12-18)24(23)26(31)29(25)27-14-20-16-28(15-17-6-2-1-3-7-17)22-9-5-4-8-21(20)22/h1-11,14,16,18-19,23-24H,12-13,15H2. The van der Waals surface area contributed by atoms with Crippen LogP contribution in [0.1, 0.15) is 24.0 Å². The van der Waals surface area contributed by atoms with Crippen molar-refractivity contribution in [2.45, 2.75) is 19.4 Å². The van der Waals surface area contributed by atoms with Crippen molar-refractivity contribution in [1.29, 1.82) is 0 Å². The van der Waals surface area contributed by atoms with Crippen molar-refractivity contribution in [3.05, 3.63) is 84.1 Å². The number of aromatic nitrogens is 1. The largest absolute Gasteiger partial charge is 0.342 e. The molecule has 0 radical (unpaired) electrons. The molecule has 31 heavy (non-hydrogen) atoms. The quantitative estimate of drug-likeness (QED) is 0.368. The lowest BCUT2D eigenvalue weighted by molar-refractivity contribution is -0.140. The van der Waals surface area contributed by atoms with Crippen LogP contribution in [0, 0.1) is 23.7 Å². The summed E-state index contributed by atoms with van der Waals surface area (Å²) >= 11 is 0. The summed E-state index contributed by atoms with van der Waals surface area (Å²) in [5.41, 5.74) is 3.22. The van der Waals surface area contributed by atoms with Crippen molar-refractivity contribution in [1.82, 2.24) is 9.58 Å². The van der Waals surface area contributed by atoms with E-state index in [9.17, 15) is 9.59 Å². The van der Waals surface area contributed by atoms with Gasteiger partial charge in [0, 0.05) is 29.2 Å². The number of carbonyl (C=O) groups is 2. The molecule has 2 fully saturated rings. The highest BCUT2D eigenvalue weighted by molar-refractivity contribution is 6.07. The molecule has 1 saturated carbocycles. The Labute approximate surface area is 180 Å². The zero-order chi connectivity index (χ0) is 20.9. The van der Waals surface area contributed by atoms with Crippen LogP contribution in [0.25, 0.3) is 10.9 Å². The fourth-order valence-corrected chi connectivity index (χ4v) is 5.58. The minimum Gasteiger partial charge on any atom is -0.342 e. The van der Waals surface area contributed by atoms with E-state index in [2.05, 4.69) is 46.1 Å². The van der Waals surface area contributed by atoms with Crippen LogP contribution >= 0.6 is 0 Å². The molecule has 4 atom stereocenters. The summed E-state index contributed by atoms with van der Waals surface area (Å²) in [7, 11) is 0. The van der Waals surface area contributed by atoms with Gasteiger partial charge in [0.25, 0.3) is 11.8 Å². The van der Waals surface area contributed by atoms with Crippen LogP contribution in [0.3, 0.4) is 0 Å². The molecule has 2 aromatic carbocycles. The Bertz CT molecular complexity index is 1210. The van der Waals surface area contributed by atoms with E-state index in [1.165, 1.54) is 5.56 Å². The van der Waals surface area contributed by atoms with Crippen molar-refractivity contribution in [3.8, 4) is 0 Å². The van der Waals surface area contributed by atoms with E-state index < -0.39 is 0 Å². The van der Waals surface area contributed by atoms with E-state index in [1.807, 2.05) is 36.5 Å². The molecule has 5 heteroatoms. The van der Waals surface area contributed by atoms with Crippen molar-refractivity contribution >= 4 is 28.9 Å². The smallest absolute Gasteiger partial charge is 0.254 e. The first-order chi connectivity index (χ1) is 15.2. The molecule has 7 rings (SSSR count). The number of rotatable bonds is 4. The van der Waals surface area contributed by atoms with Gasteiger partial charge in [-0.3, -0.25) is 9.59 Å². The van der Waals surface area contributed by atoms with Gasteiger partial charge in [-0.2, -0.15) is 10.1 Å². The fraction of sp³-hybridized carbons (Fsp3) is 0.269. The molecule has 0 N–H and O–H groups in total. The predicted octanol–water partition coefficient (Wildman–Crippen LogP) is 4.22. The highest BCUT2D eigenvalue weighted by atomic mass is 16.2. The maximum atomic E-state index is 13.0. The summed E-state index contributed by atoms with van der Waals surface area (Å²) in [6.45, 7) is 0.746. The number of imide groups is 1. The molecule has 4 aliphatic rings. The lowest BCUT2D eigenvalue weighted by Gasteiger charge is -2.37. The van der Waals surface area contributed by atoms with E-state index >= 15 is 0 Å². The molecular formula is C26H23N3O2. The highest BCUT2D eigenvalue weighted by Crippen LogP contribution is 2.49. The van der Waals surface area contributed by atoms with Crippen molar-refractivity contribution < 1.29 is 9.59 Å². The van der Waals surface area contributed by atoms with Gasteiger partial charge in [-0.05, 0) is 36.3 Å². The Hall–Kier alpha value is -3.47. The lowest BCUT2D eigenvalue weighted by atomic mass is 9.63. The molecule has 0 spiro atoms. The second-order valence-corrected chi connectivity index (χ2v) is 8.79. The SMILES string of the molecule is O=C1C2C3C=CC(CC3)C2C(=O)N1N=Cc1cn(Cc2ccccc2)c2ccccc12. The second-order valence-electron chi connectivity index (χ2n) is 8.79. The summed E-state index contributed by atoms with van der Waals surface area (Å²) in [4.78, 5) is 26.0. The van der Waals surface area contributed by atoms with Gasteiger partial charge in [-0.25, -0.2) is 0 Å². The molecule has 1 aliphatic heterocycles. The molecule has 2 amide bonds. The van der Waals surface area contributed by atoms with Crippen molar-refractivity contribution in [2.24, 2.45) is 28.8 Å². The zero-order valence-electron chi connectivity index (χ0n) is 17.1. The van der Waals surface area contributed by atoms with Gasteiger partial charge in [0.05, 0.1) is 18.1 Å². The van der Waals surface area contributed by atoms with E-state index in [0.717, 1.165) is 40.9 Å². The number of hydrogen-bond acceptors (Lipinski definition) is 3. The maximum absolute atomic E-state index is 13.0. The number of hydrogen-bond donors (Lipinski definition) is 0. The van der Waals surface area contributed by atoms with Crippen LogP contribution in [0.5, 0.6) is 0 Å². The summed E-state index contributed by atoms with van der Waals surface area (Å²) in [6, 6.07) is 18.4. The monoisotopic (exact) mass is 409 g/mol. The van der Waals surface area contributed by atoms with Crippen LogP contribution in [0.4, 0.5) is 0 Å². The first kappa shape index (κ1) is 18.3. The van der Waals surface area contributed by atoms with Crippen LogP contribution in [-0.2, 0) is 16.1 Å². The number of fused-ring (bicyclic) bond motifs is 2. The van der Waals surface area contributed by atoms with Gasteiger partial charge in [0.2, 0.25) is 0 Å². The highest BCUT2D eigenvalue weighted by Gasteiger charge is 2.56. The molecule has 1 aromatic heterocycles. The maximum Gasteiger partial charge on any atom is 0.254 e. The molecule has 2 heterocycles. The van der Waals surface area contributed by atoms with Gasteiger partial charge >= 0.3 is 0 Å². The fourth-order valence-electron chi connectivity index (χ4n) is 5.58. The number of hydrazone groups is 1. The summed E-state index contributed by atoms with van der Waals surface area (Å²) in [5.74, 6) is -0.379. The summed E-state index contributed by atoms with van der Waals surface area (Å²) in [6.07, 6.45) is 9.96. The van der Waals surface area contributed by atoms with Gasteiger partial charge in [-0.1, -0.05) is 60.7 Å². The Kier molecular flexibility index (Phi) is 4.16. The van der Waals surface area contributed by atoms with Crippen molar-refractivity contribution in [3.63, 3.8) is 0 Å². The Morgan fingerprint density at radius 2 is 1.52 bits per heavy atom. The normalized spacial score (nSPS) is 27.0. The third-order valence-electron chi connectivity index (χ3n) is 7.06. The van der Waals surface area contributed by atoms with Gasteiger partial charge in [-0.15, -0.1) is 0 Å². The average molecular weight is 409 g/mol. The second kappa shape index (κ2) is 7.05. The minimum absolute atomic E-state index is 0.140. The summed E-state index contributed by atoms with van der Waals surface area (Å²) < 4.78 is 2.18. The first-order valence-corrected chi connectivity index (χ1v) is 10.9. The number of benzene rings is 2. The number of para-hydroxylation sites is 1. The number of carbonyl (C=O) groups excluding carboxylic acids is 2. The van der Waals surface area contributed by atoms with E-state index in [1.54, 1.807) is 6.21 Å². The summed E-state index contributed by atoms with van der Waals surface area (Å²) in [5, 5.41) is 6.61. The molecule has 4 unspecified atom stereocenters. The van der Waals surface area contributed by atoms with E-state index in [-0.39, 0.29) is 35.5 Å². The minimum atomic E-state index is -0.229. The topological polar surface area (TPSA) is 54.7 Å². The van der Waals surface area contributed by atoms with Crippen LogP contribution in [0.2, 0.25) is 0 Å². The third kappa shape index (κ3) is 2.87. The van der Waals surface area contributed by atoms with Gasteiger partial charge in [0.15, 0.2) is 0 Å². The lowest BCUT2D eigenvalue weighted by Crippen LogP contribution is -2.38. The molecule has 3 aromatic rings. The molecule has 2 bridgehead atoms. The number of nitrogens with zero attached hydrogens (tertiary/aromatic N) is 3. The van der Waals surface area contributed by atoms with Crippen LogP contribution < -0.4 is 0 Å². The Morgan fingerprint density at radius 1 is 0.871 bits per heavy atom. The van der Waals surface area contributed by atoms with E-state index in [0.29, 0.717) is 0 Å². The number of amides is 2. The molecule has 5 nitrogen and oxygen atoms in total. The van der Waals surface area contributed by atoms with Gasteiger partial charge < -0.3 is 4.57 Å². The van der Waals surface area contributed by atoms with Crippen molar-refractivity contribution in [2.75, 3.05) is 0 Å². The average Bonchev–Trinajstić information content (AvgIpc) is 3.30. The van der Waals surface area contributed by atoms with E-state index in [4.69, 9.17) is 0 Å². The molecule has 1 saturated heterocycles. The zero-order valence-corrected chi connectivity index (χ0v) is 17.1. The first-order valence-electron chi connectivity index (χ1n) is 10.9. The van der Waals surface area contributed by atoms with Gasteiger partial charge in [0.1, 0.15) is 0 Å². The number of allylic oxidation sites excluding steroid dienone is 2. The molecule has 154 valence electrons. The Balaban J connectivity index is 1.33. The van der Waals surface area contributed by atoms with Crippen LogP contribution in [0.15, 0.2) is 78.0 Å². The molecule has 3 aliphatic carbocycles. The third-order valence-corrected chi connectivity index (χ3v) is 7.06. The van der Waals surface area contributed by atoms with Crippen LogP contribution in [-0.4, -0.2) is 27.6 Å². The predicted molar refractivity (Wildman–Crippen MR) is 119 cm³/mol.